The number of benzene rings is 1. The molecule has 0 unspecified atom stereocenters. The number of anilines is 1. The number of hydrogen-bond donors (Lipinski definition) is 1. The number of hydrogen-bond acceptors (Lipinski definition) is 4. The highest BCUT2D eigenvalue weighted by atomic mass is 32.2. The number of carbonyl (C=O) groups is 1. The first-order chi connectivity index (χ1) is 13.9. The number of piperidine rings is 1. The Morgan fingerprint density at radius 3 is 2.55 bits per heavy atom. The molecule has 6 nitrogen and oxygen atoms in total. The molecule has 0 bridgehead atoms. The molecule has 0 radical (unpaired) electrons. The molecule has 2 aliphatic rings. The van der Waals surface area contributed by atoms with Gasteiger partial charge in [0.1, 0.15) is 0 Å². The van der Waals surface area contributed by atoms with Gasteiger partial charge in [0.15, 0.2) is 0 Å². The van der Waals surface area contributed by atoms with Gasteiger partial charge in [-0.25, -0.2) is 8.42 Å². The molecule has 1 saturated heterocycles. The maximum absolute atomic E-state index is 13.1. The summed E-state index contributed by atoms with van der Waals surface area (Å²) in [5.74, 6) is -0.253. The molecule has 1 aliphatic heterocycles. The lowest BCUT2D eigenvalue weighted by molar-refractivity contribution is -0.120. The topological polar surface area (TPSA) is 79.4 Å². The van der Waals surface area contributed by atoms with Crippen LogP contribution >= 0.6 is 0 Å². The van der Waals surface area contributed by atoms with Crippen LogP contribution in [0.4, 0.5) is 5.69 Å². The van der Waals surface area contributed by atoms with E-state index in [1.54, 1.807) is 18.5 Å². The molecule has 0 saturated carbocycles. The summed E-state index contributed by atoms with van der Waals surface area (Å²) in [6.07, 6.45) is 8.66. The Morgan fingerprint density at radius 2 is 1.83 bits per heavy atom. The third kappa shape index (κ3) is 4.21. The van der Waals surface area contributed by atoms with Crippen molar-refractivity contribution in [2.45, 2.75) is 50.3 Å². The lowest BCUT2D eigenvalue weighted by Crippen LogP contribution is -2.41. The van der Waals surface area contributed by atoms with Gasteiger partial charge in [-0.05, 0) is 80.3 Å². The van der Waals surface area contributed by atoms with Gasteiger partial charge in [0.05, 0.1) is 16.8 Å². The predicted octanol–water partition coefficient (Wildman–Crippen LogP) is 3.31. The second kappa shape index (κ2) is 8.24. The maximum Gasteiger partial charge on any atom is 0.243 e. The fraction of sp³-hybridized carbons (Fsp3) is 0.455. The van der Waals surface area contributed by atoms with E-state index < -0.39 is 10.0 Å². The molecule has 1 N–H and O–H groups in total. The van der Waals surface area contributed by atoms with E-state index in [-0.39, 0.29) is 11.8 Å². The summed E-state index contributed by atoms with van der Waals surface area (Å²) in [7, 11) is -3.52. The van der Waals surface area contributed by atoms with Gasteiger partial charge in [-0.2, -0.15) is 4.31 Å². The summed E-state index contributed by atoms with van der Waals surface area (Å²) in [5.41, 5.74) is 4.11. The van der Waals surface area contributed by atoms with E-state index in [0.717, 1.165) is 24.8 Å². The number of carbonyl (C=O) groups excluding carboxylic acids is 1. The number of aryl methyl sites for hydroxylation is 3. The first-order valence-electron chi connectivity index (χ1n) is 10.3. The highest BCUT2D eigenvalue weighted by molar-refractivity contribution is 7.89. The SMILES string of the molecule is Cc1ccncc1NC(=O)C1CCN(S(=O)(=O)c2ccc3c(c2)CCCC3)CC1. The molecule has 2 aromatic rings. The number of rotatable bonds is 4. The van der Waals surface area contributed by atoms with Crippen molar-refractivity contribution in [3.63, 3.8) is 0 Å². The third-order valence-electron chi connectivity index (χ3n) is 6.08. The van der Waals surface area contributed by atoms with Crippen molar-refractivity contribution in [1.82, 2.24) is 9.29 Å². The monoisotopic (exact) mass is 413 g/mol. The fourth-order valence-corrected chi connectivity index (χ4v) is 5.73. The van der Waals surface area contributed by atoms with Crippen molar-refractivity contribution in [2.75, 3.05) is 18.4 Å². The van der Waals surface area contributed by atoms with Gasteiger partial charge < -0.3 is 5.32 Å². The first kappa shape index (κ1) is 20.0. The molecule has 1 fully saturated rings. The minimum absolute atomic E-state index is 0.0630. The van der Waals surface area contributed by atoms with E-state index in [2.05, 4.69) is 10.3 Å². The van der Waals surface area contributed by atoms with Crippen LogP contribution in [0.15, 0.2) is 41.6 Å². The minimum atomic E-state index is -3.52. The summed E-state index contributed by atoms with van der Waals surface area (Å²) in [4.78, 5) is 17.0. The van der Waals surface area contributed by atoms with Crippen LogP contribution < -0.4 is 5.32 Å². The Morgan fingerprint density at radius 1 is 1.10 bits per heavy atom. The molecule has 2 heterocycles. The second-order valence-corrected chi connectivity index (χ2v) is 9.93. The quantitative estimate of drug-likeness (QED) is 0.834. The Bertz CT molecular complexity index is 1010. The average Bonchev–Trinajstić information content (AvgIpc) is 2.75. The number of pyridine rings is 1. The number of aromatic nitrogens is 1. The van der Waals surface area contributed by atoms with Crippen LogP contribution in [-0.2, 0) is 27.7 Å². The van der Waals surface area contributed by atoms with Gasteiger partial charge in [-0.3, -0.25) is 9.78 Å². The molecule has 1 aromatic heterocycles. The number of sulfonamides is 1. The summed E-state index contributed by atoms with van der Waals surface area (Å²) in [6.45, 7) is 2.65. The molecule has 154 valence electrons. The Hall–Kier alpha value is -2.25. The van der Waals surface area contributed by atoms with Crippen molar-refractivity contribution >= 4 is 21.6 Å². The lowest BCUT2D eigenvalue weighted by atomic mass is 9.92. The van der Waals surface area contributed by atoms with Crippen molar-refractivity contribution < 1.29 is 13.2 Å². The maximum atomic E-state index is 13.1. The number of fused-ring (bicyclic) bond motifs is 1. The number of nitrogens with one attached hydrogen (secondary N) is 1. The van der Waals surface area contributed by atoms with Gasteiger partial charge >= 0.3 is 0 Å². The predicted molar refractivity (Wildman–Crippen MR) is 112 cm³/mol. The molecule has 7 heteroatoms. The Labute approximate surface area is 172 Å². The smallest absolute Gasteiger partial charge is 0.243 e. The molecule has 1 amide bonds. The summed E-state index contributed by atoms with van der Waals surface area (Å²) < 4.78 is 27.7. The zero-order chi connectivity index (χ0) is 20.4. The average molecular weight is 414 g/mol. The molecule has 0 spiro atoms. The van der Waals surface area contributed by atoms with Crippen molar-refractivity contribution in [3.8, 4) is 0 Å². The summed E-state index contributed by atoms with van der Waals surface area (Å²) >= 11 is 0. The van der Waals surface area contributed by atoms with Crippen molar-refractivity contribution in [3.05, 3.63) is 53.3 Å². The zero-order valence-corrected chi connectivity index (χ0v) is 17.5. The molecule has 1 aliphatic carbocycles. The molecule has 1 aromatic carbocycles. The van der Waals surface area contributed by atoms with Crippen molar-refractivity contribution in [1.29, 1.82) is 0 Å². The van der Waals surface area contributed by atoms with E-state index in [9.17, 15) is 13.2 Å². The highest BCUT2D eigenvalue weighted by Gasteiger charge is 2.32. The van der Waals surface area contributed by atoms with Crippen LogP contribution in [-0.4, -0.2) is 36.7 Å². The van der Waals surface area contributed by atoms with Gasteiger partial charge in [0.2, 0.25) is 15.9 Å². The van der Waals surface area contributed by atoms with Crippen LogP contribution in [0.25, 0.3) is 0 Å². The standard InChI is InChI=1S/C22H27N3O3S/c1-16-8-11-23-15-21(16)24-22(26)18-9-12-25(13-10-18)29(27,28)20-7-6-17-4-2-3-5-19(17)14-20/h6-8,11,14-15,18H,2-5,9-10,12-13H2,1H3,(H,24,26). The molecule has 4 rings (SSSR count). The van der Waals surface area contributed by atoms with E-state index >= 15 is 0 Å². The number of nitrogens with zero attached hydrogens (tertiary/aromatic N) is 2. The normalized spacial score (nSPS) is 18.2. The third-order valence-corrected chi connectivity index (χ3v) is 7.97. The Balaban J connectivity index is 1.41. The van der Waals surface area contributed by atoms with Gasteiger partial charge in [0, 0.05) is 25.2 Å². The molecular weight excluding hydrogens is 386 g/mol. The van der Waals surface area contributed by atoms with Crippen LogP contribution in [0.2, 0.25) is 0 Å². The summed E-state index contributed by atoms with van der Waals surface area (Å²) in [5, 5.41) is 2.93. The van der Waals surface area contributed by atoms with Crippen LogP contribution in [0.5, 0.6) is 0 Å². The van der Waals surface area contributed by atoms with E-state index in [4.69, 9.17) is 0 Å². The van der Waals surface area contributed by atoms with E-state index in [1.807, 2.05) is 25.1 Å². The molecule has 29 heavy (non-hydrogen) atoms. The largest absolute Gasteiger partial charge is 0.324 e. The Kier molecular flexibility index (Phi) is 5.69. The van der Waals surface area contributed by atoms with Crippen LogP contribution in [0, 0.1) is 12.8 Å². The molecule has 0 atom stereocenters. The second-order valence-electron chi connectivity index (χ2n) is 8.00. The van der Waals surface area contributed by atoms with Gasteiger partial charge in [-0.1, -0.05) is 6.07 Å². The van der Waals surface area contributed by atoms with Crippen LogP contribution in [0.1, 0.15) is 42.4 Å². The minimum Gasteiger partial charge on any atom is -0.324 e. The van der Waals surface area contributed by atoms with Crippen molar-refractivity contribution in [2.24, 2.45) is 5.92 Å². The van der Waals surface area contributed by atoms with Crippen LogP contribution in [0.3, 0.4) is 0 Å². The fourth-order valence-electron chi connectivity index (χ4n) is 4.21. The van der Waals surface area contributed by atoms with Gasteiger partial charge in [0.25, 0.3) is 0 Å². The summed E-state index contributed by atoms with van der Waals surface area (Å²) in [6, 6.07) is 7.42. The zero-order valence-electron chi connectivity index (χ0n) is 16.7. The highest BCUT2D eigenvalue weighted by Crippen LogP contribution is 2.28. The lowest BCUT2D eigenvalue weighted by Gasteiger charge is -2.31. The van der Waals surface area contributed by atoms with E-state index in [0.29, 0.717) is 36.5 Å². The molecular formula is C22H27N3O3S. The van der Waals surface area contributed by atoms with Gasteiger partial charge in [-0.15, -0.1) is 0 Å². The first-order valence-corrected chi connectivity index (χ1v) is 11.7. The number of amides is 1. The van der Waals surface area contributed by atoms with E-state index in [1.165, 1.54) is 21.9 Å².